The second-order valence-corrected chi connectivity index (χ2v) is 15.1. The summed E-state index contributed by atoms with van der Waals surface area (Å²) in [5, 5.41) is 0. The molecule has 9 nitrogen and oxygen atoms in total. The van der Waals surface area contributed by atoms with Gasteiger partial charge in [-0.05, 0) is 76.4 Å². The van der Waals surface area contributed by atoms with Gasteiger partial charge in [0.2, 0.25) is 0 Å². The van der Waals surface area contributed by atoms with Crippen LogP contribution in [-0.4, -0.2) is 49.3 Å². The molecule has 2 atom stereocenters. The lowest BCUT2D eigenvalue weighted by Crippen LogP contribution is -2.29. The Labute approximate surface area is 312 Å². The number of hydrogen-bond acceptors (Lipinski definition) is 8. The number of allylic oxidation sites excluding steroid dienone is 3. The lowest BCUT2D eigenvalue weighted by atomic mass is 10.1. The number of nitrogens with two attached hydrogens (primary N) is 1. The Morgan fingerprint density at radius 1 is 0.627 bits per heavy atom. The van der Waals surface area contributed by atoms with E-state index in [0.717, 1.165) is 70.6 Å². The number of hydrogen-bond donors (Lipinski definition) is 2. The average Bonchev–Trinajstić information content (AvgIpc) is 3.11. The normalized spacial score (nSPS) is 13.1. The topological polar surface area (TPSA) is 134 Å². The molecule has 0 saturated heterocycles. The largest absolute Gasteiger partial charge is 0.472 e. The predicted molar refractivity (Wildman–Crippen MR) is 209 cm³/mol. The molecule has 3 N–H and O–H groups in total. The number of esters is 2. The molecule has 0 rings (SSSR count). The summed E-state index contributed by atoms with van der Waals surface area (Å²) in [6.07, 6.45) is 37.0. The highest BCUT2D eigenvalue weighted by Gasteiger charge is 2.26. The number of unbranched alkanes of at least 4 members (excludes halogenated alkanes) is 21. The molecule has 0 spiro atoms. The molecule has 0 aliphatic heterocycles. The predicted octanol–water partition coefficient (Wildman–Crippen LogP) is 11.4. The molecule has 0 aromatic rings. The zero-order valence-electron chi connectivity index (χ0n) is 32.6. The maximum Gasteiger partial charge on any atom is 0.472 e. The quantitative estimate of drug-likeness (QED) is 0.0208. The second-order valence-electron chi connectivity index (χ2n) is 13.6. The average molecular weight is 742 g/mol. The summed E-state index contributed by atoms with van der Waals surface area (Å²) in [7, 11) is -4.38. The van der Waals surface area contributed by atoms with Gasteiger partial charge in [-0.3, -0.25) is 18.6 Å². The molecule has 0 aromatic carbocycles. The van der Waals surface area contributed by atoms with Crippen molar-refractivity contribution in [3.05, 3.63) is 30.0 Å². The lowest BCUT2D eigenvalue weighted by molar-refractivity contribution is -0.161. The number of carbonyl (C=O) groups excluding carboxylic acids is 2. The van der Waals surface area contributed by atoms with E-state index in [1.807, 2.05) is 0 Å². The van der Waals surface area contributed by atoms with Crippen LogP contribution in [0.2, 0.25) is 0 Å². The first kappa shape index (κ1) is 49.3. The highest BCUT2D eigenvalue weighted by Crippen LogP contribution is 2.43. The van der Waals surface area contributed by atoms with Gasteiger partial charge >= 0.3 is 19.8 Å². The molecule has 298 valence electrons. The van der Waals surface area contributed by atoms with Gasteiger partial charge in [-0.25, -0.2) is 4.57 Å². The first-order valence-electron chi connectivity index (χ1n) is 20.6. The van der Waals surface area contributed by atoms with Crippen LogP contribution < -0.4 is 5.73 Å². The minimum Gasteiger partial charge on any atom is -0.462 e. The van der Waals surface area contributed by atoms with Gasteiger partial charge in [0, 0.05) is 19.4 Å². The SMILES string of the molecule is CCCCCCCC=C=CCCCCCCCC(=O)OC[C@H](COP(=O)(O)OCCN)OC(=O)CCCCCCC/C=C/CCCCCCCC. The Hall–Kier alpha value is -1.73. The molecule has 1 unspecified atom stereocenters. The molecule has 51 heavy (non-hydrogen) atoms. The van der Waals surface area contributed by atoms with E-state index in [1.165, 1.54) is 77.0 Å². The zero-order chi connectivity index (χ0) is 37.5. The van der Waals surface area contributed by atoms with Gasteiger partial charge in [-0.2, -0.15) is 0 Å². The van der Waals surface area contributed by atoms with Crippen molar-refractivity contribution in [1.82, 2.24) is 0 Å². The van der Waals surface area contributed by atoms with Crippen molar-refractivity contribution in [3.8, 4) is 0 Å². The van der Waals surface area contributed by atoms with E-state index in [0.29, 0.717) is 12.8 Å². The van der Waals surface area contributed by atoms with Gasteiger partial charge in [0.25, 0.3) is 0 Å². The summed E-state index contributed by atoms with van der Waals surface area (Å²) >= 11 is 0. The van der Waals surface area contributed by atoms with Crippen molar-refractivity contribution in [2.45, 2.75) is 193 Å². The van der Waals surface area contributed by atoms with Crippen LogP contribution in [0.5, 0.6) is 0 Å². The number of phosphoric ester groups is 1. The van der Waals surface area contributed by atoms with Gasteiger partial charge in [-0.1, -0.05) is 122 Å². The standard InChI is InChI=1S/C41H76NO8P/c1-3-5-7-9-11-13-15-17-19-21-23-25-27-29-31-33-40(43)47-37-39(38-49-51(45,46)48-36-35-42)50-41(44)34-32-30-28-26-24-22-20-18-16-14-12-10-8-6-4-2/h15,18-20,39H,3-14,16,21-38,42H2,1-2H3,(H,45,46)/b20-18+/t17?,39-/m1/s1. The van der Waals surface area contributed by atoms with Gasteiger partial charge in [0.05, 0.1) is 13.2 Å². The molecule has 0 fully saturated rings. The summed E-state index contributed by atoms with van der Waals surface area (Å²) in [5.41, 5.74) is 8.63. The molecular weight excluding hydrogens is 665 g/mol. The molecule has 10 heteroatoms. The maximum atomic E-state index is 12.5. The van der Waals surface area contributed by atoms with Crippen molar-refractivity contribution in [2.75, 3.05) is 26.4 Å². The van der Waals surface area contributed by atoms with Crippen LogP contribution in [-0.2, 0) is 32.7 Å². The van der Waals surface area contributed by atoms with E-state index in [4.69, 9.17) is 24.3 Å². The second kappa shape index (κ2) is 38.0. The number of carbonyl (C=O) groups is 2. The third-order valence-electron chi connectivity index (χ3n) is 8.58. The maximum absolute atomic E-state index is 12.5. The van der Waals surface area contributed by atoms with Crippen molar-refractivity contribution >= 4 is 19.8 Å². The summed E-state index contributed by atoms with van der Waals surface area (Å²) in [6.45, 7) is 3.67. The fourth-order valence-corrected chi connectivity index (χ4v) is 6.25. The van der Waals surface area contributed by atoms with Crippen LogP contribution >= 0.6 is 7.82 Å². The van der Waals surface area contributed by atoms with E-state index >= 15 is 0 Å². The van der Waals surface area contributed by atoms with Gasteiger partial charge < -0.3 is 20.1 Å². The van der Waals surface area contributed by atoms with Crippen molar-refractivity contribution in [1.29, 1.82) is 0 Å². The summed E-state index contributed by atoms with van der Waals surface area (Å²) in [6, 6.07) is 0. The Balaban J connectivity index is 4.24. The van der Waals surface area contributed by atoms with Crippen molar-refractivity contribution in [2.24, 2.45) is 5.73 Å². The van der Waals surface area contributed by atoms with E-state index < -0.39 is 32.5 Å². The van der Waals surface area contributed by atoms with Crippen LogP contribution in [0.1, 0.15) is 187 Å². The fourth-order valence-electron chi connectivity index (χ4n) is 5.49. The first-order valence-corrected chi connectivity index (χ1v) is 22.1. The minimum absolute atomic E-state index is 0.0492. The Bertz CT molecular complexity index is 950. The number of ether oxygens (including phenoxy) is 2. The highest BCUT2D eigenvalue weighted by molar-refractivity contribution is 7.47. The molecule has 0 bridgehead atoms. The van der Waals surface area contributed by atoms with Crippen LogP contribution in [0.25, 0.3) is 0 Å². The smallest absolute Gasteiger partial charge is 0.462 e. The van der Waals surface area contributed by atoms with Crippen LogP contribution in [0.15, 0.2) is 30.0 Å². The van der Waals surface area contributed by atoms with E-state index in [-0.39, 0.29) is 32.6 Å². The van der Waals surface area contributed by atoms with Crippen LogP contribution in [0, 0.1) is 0 Å². The molecule has 0 aliphatic rings. The molecule has 0 heterocycles. The Morgan fingerprint density at radius 3 is 1.59 bits per heavy atom. The van der Waals surface area contributed by atoms with Gasteiger partial charge in [-0.15, -0.1) is 5.73 Å². The molecule has 0 saturated carbocycles. The highest BCUT2D eigenvalue weighted by atomic mass is 31.2. The van der Waals surface area contributed by atoms with Gasteiger partial charge in [0.1, 0.15) is 6.61 Å². The zero-order valence-corrected chi connectivity index (χ0v) is 33.5. The molecule has 0 aliphatic carbocycles. The summed E-state index contributed by atoms with van der Waals surface area (Å²) in [4.78, 5) is 34.8. The molecule has 0 aromatic heterocycles. The molecular formula is C41H76NO8P. The van der Waals surface area contributed by atoms with E-state index in [1.54, 1.807) is 0 Å². The lowest BCUT2D eigenvalue weighted by Gasteiger charge is -2.19. The minimum atomic E-state index is -4.38. The van der Waals surface area contributed by atoms with Crippen molar-refractivity contribution < 1.29 is 37.6 Å². The van der Waals surface area contributed by atoms with E-state index in [2.05, 4.69) is 43.9 Å². The molecule has 0 amide bonds. The summed E-state index contributed by atoms with van der Waals surface area (Å²) < 4.78 is 32.7. The van der Waals surface area contributed by atoms with Crippen LogP contribution in [0.3, 0.4) is 0 Å². The Morgan fingerprint density at radius 2 is 1.08 bits per heavy atom. The van der Waals surface area contributed by atoms with Gasteiger partial charge in [0.15, 0.2) is 6.10 Å². The summed E-state index contributed by atoms with van der Waals surface area (Å²) in [5.74, 6) is -0.858. The number of phosphoric acid groups is 1. The first-order chi connectivity index (χ1) is 24.8. The Kier molecular flexibility index (Phi) is 36.7. The van der Waals surface area contributed by atoms with Crippen LogP contribution in [0.4, 0.5) is 0 Å². The van der Waals surface area contributed by atoms with E-state index in [9.17, 15) is 19.0 Å². The fraction of sp³-hybridized carbons (Fsp3) is 0.829. The van der Waals surface area contributed by atoms with Crippen molar-refractivity contribution in [3.63, 3.8) is 0 Å². The monoisotopic (exact) mass is 742 g/mol. The molecule has 0 radical (unpaired) electrons. The number of rotatable bonds is 38. The third-order valence-corrected chi connectivity index (χ3v) is 9.57. The third kappa shape index (κ3) is 37.8.